The van der Waals surface area contributed by atoms with Gasteiger partial charge in [-0.25, -0.2) is 14.7 Å². The van der Waals surface area contributed by atoms with E-state index in [2.05, 4.69) is 24.0 Å². The monoisotopic (exact) mass is 438 g/mol. The average molecular weight is 439 g/mol. The lowest BCUT2D eigenvalue weighted by Gasteiger charge is -2.27. The fourth-order valence-corrected chi connectivity index (χ4v) is 3.39. The van der Waals surface area contributed by atoms with Crippen LogP contribution in [0.15, 0.2) is 54.7 Å². The van der Waals surface area contributed by atoms with Gasteiger partial charge in [-0.3, -0.25) is 0 Å². The molecule has 0 saturated carbocycles. The Bertz CT molecular complexity index is 1070. The lowest BCUT2D eigenvalue weighted by Crippen LogP contribution is -2.34. The summed E-state index contributed by atoms with van der Waals surface area (Å²) in [5.41, 5.74) is 3.18. The van der Waals surface area contributed by atoms with Crippen LogP contribution in [-0.2, 0) is 4.74 Å². The topological polar surface area (TPSA) is 51.7 Å². The lowest BCUT2D eigenvalue weighted by molar-refractivity contribution is 0.0598. The number of aromatic nitrogens is 1. The Balaban J connectivity index is 2.00. The number of aryl methyl sites for hydroxylation is 3. The second-order valence-electron chi connectivity index (χ2n) is 8.47. The SMILES string of the molecule is Cc1cc(C)c(Oc2ccnc(N(C(=O)OC(C)(C)C)c3ccc(Cl)cc3)c2)c(C)c1. The van der Waals surface area contributed by atoms with Crippen molar-refractivity contribution in [2.24, 2.45) is 0 Å². The first kappa shape index (κ1) is 22.6. The van der Waals surface area contributed by atoms with Crippen LogP contribution in [0, 0.1) is 20.8 Å². The molecule has 3 rings (SSSR count). The van der Waals surface area contributed by atoms with Crippen LogP contribution in [0.3, 0.4) is 0 Å². The van der Waals surface area contributed by atoms with Crippen molar-refractivity contribution in [2.75, 3.05) is 4.90 Å². The van der Waals surface area contributed by atoms with Gasteiger partial charge in [0.25, 0.3) is 0 Å². The van der Waals surface area contributed by atoms with Crippen LogP contribution in [0.25, 0.3) is 0 Å². The Morgan fingerprint density at radius 3 is 2.16 bits per heavy atom. The zero-order valence-corrected chi connectivity index (χ0v) is 19.4. The number of carbonyl (C=O) groups is 1. The van der Waals surface area contributed by atoms with Gasteiger partial charge in [-0.15, -0.1) is 0 Å². The summed E-state index contributed by atoms with van der Waals surface area (Å²) >= 11 is 6.03. The number of anilines is 2. The van der Waals surface area contributed by atoms with Crippen molar-refractivity contribution in [3.05, 3.63) is 76.4 Å². The molecule has 0 atom stereocenters. The number of ether oxygens (including phenoxy) is 2. The molecular weight excluding hydrogens is 412 g/mol. The molecule has 0 unspecified atom stereocenters. The fraction of sp³-hybridized carbons (Fsp3) is 0.280. The van der Waals surface area contributed by atoms with Gasteiger partial charge in [0, 0.05) is 17.3 Å². The zero-order chi connectivity index (χ0) is 22.8. The van der Waals surface area contributed by atoms with Crippen molar-refractivity contribution in [3.8, 4) is 11.5 Å². The van der Waals surface area contributed by atoms with Crippen LogP contribution >= 0.6 is 11.6 Å². The van der Waals surface area contributed by atoms with Crippen LogP contribution < -0.4 is 9.64 Å². The van der Waals surface area contributed by atoms with Crippen molar-refractivity contribution < 1.29 is 14.3 Å². The molecule has 6 heteroatoms. The van der Waals surface area contributed by atoms with Crippen molar-refractivity contribution in [3.63, 3.8) is 0 Å². The Kier molecular flexibility index (Phi) is 6.56. The molecule has 0 fully saturated rings. The summed E-state index contributed by atoms with van der Waals surface area (Å²) in [5, 5.41) is 0.572. The minimum Gasteiger partial charge on any atom is -0.457 e. The number of halogens is 1. The molecule has 162 valence electrons. The highest BCUT2D eigenvalue weighted by Crippen LogP contribution is 2.33. The van der Waals surface area contributed by atoms with E-state index in [1.54, 1.807) is 42.6 Å². The molecule has 0 bridgehead atoms. The lowest BCUT2D eigenvalue weighted by atomic mass is 10.1. The maximum atomic E-state index is 13.0. The number of benzene rings is 2. The van der Waals surface area contributed by atoms with Gasteiger partial charge in [-0.05, 0) is 83.0 Å². The van der Waals surface area contributed by atoms with Crippen LogP contribution in [0.1, 0.15) is 37.5 Å². The van der Waals surface area contributed by atoms with Gasteiger partial charge in [-0.2, -0.15) is 0 Å². The molecule has 0 aliphatic rings. The Morgan fingerprint density at radius 2 is 1.58 bits per heavy atom. The minimum atomic E-state index is -0.661. The molecule has 0 spiro atoms. The van der Waals surface area contributed by atoms with Crippen LogP contribution in [0.5, 0.6) is 11.5 Å². The van der Waals surface area contributed by atoms with E-state index in [9.17, 15) is 4.79 Å². The molecule has 0 N–H and O–H groups in total. The molecule has 3 aromatic rings. The first-order chi connectivity index (χ1) is 14.5. The quantitative estimate of drug-likeness (QED) is 0.422. The van der Waals surface area contributed by atoms with Crippen LogP contribution in [-0.4, -0.2) is 16.7 Å². The largest absolute Gasteiger partial charge is 0.457 e. The van der Waals surface area contributed by atoms with Crippen molar-refractivity contribution in [1.82, 2.24) is 4.98 Å². The van der Waals surface area contributed by atoms with Crippen molar-refractivity contribution in [1.29, 1.82) is 0 Å². The van der Waals surface area contributed by atoms with E-state index in [-0.39, 0.29) is 0 Å². The summed E-state index contributed by atoms with van der Waals surface area (Å²) in [7, 11) is 0. The number of hydrogen-bond acceptors (Lipinski definition) is 4. The molecule has 1 heterocycles. The normalized spacial score (nSPS) is 11.2. The first-order valence-corrected chi connectivity index (χ1v) is 10.4. The first-order valence-electron chi connectivity index (χ1n) is 10.0. The Hall–Kier alpha value is -3.05. The van der Waals surface area contributed by atoms with E-state index >= 15 is 0 Å². The predicted molar refractivity (Wildman–Crippen MR) is 125 cm³/mol. The maximum Gasteiger partial charge on any atom is 0.420 e. The Labute approximate surface area is 188 Å². The highest BCUT2D eigenvalue weighted by molar-refractivity contribution is 6.30. The molecular formula is C25H27ClN2O3. The highest BCUT2D eigenvalue weighted by Gasteiger charge is 2.26. The number of carbonyl (C=O) groups excluding carboxylic acids is 1. The van der Waals surface area contributed by atoms with E-state index in [1.807, 2.05) is 34.6 Å². The summed E-state index contributed by atoms with van der Waals surface area (Å²) in [6, 6.07) is 14.6. The van der Waals surface area contributed by atoms with Gasteiger partial charge < -0.3 is 9.47 Å². The molecule has 0 aliphatic heterocycles. The molecule has 5 nitrogen and oxygen atoms in total. The number of hydrogen-bond donors (Lipinski definition) is 0. The van der Waals surface area contributed by atoms with Crippen molar-refractivity contribution in [2.45, 2.75) is 47.1 Å². The van der Waals surface area contributed by atoms with Crippen LogP contribution in [0.4, 0.5) is 16.3 Å². The summed E-state index contributed by atoms with van der Waals surface area (Å²) in [5.74, 6) is 1.75. The number of rotatable bonds is 4. The second-order valence-corrected chi connectivity index (χ2v) is 8.91. The van der Waals surface area contributed by atoms with E-state index in [0.29, 0.717) is 22.3 Å². The Morgan fingerprint density at radius 1 is 0.968 bits per heavy atom. The van der Waals surface area contributed by atoms with Gasteiger partial charge >= 0.3 is 6.09 Å². The zero-order valence-electron chi connectivity index (χ0n) is 18.7. The van der Waals surface area contributed by atoms with E-state index in [4.69, 9.17) is 21.1 Å². The fourth-order valence-electron chi connectivity index (χ4n) is 3.26. The number of nitrogens with zero attached hydrogens (tertiary/aromatic N) is 2. The summed E-state index contributed by atoms with van der Waals surface area (Å²) in [6.07, 6.45) is 1.07. The second kappa shape index (κ2) is 8.98. The molecule has 2 aromatic carbocycles. The minimum absolute atomic E-state index is 0.386. The third-order valence-electron chi connectivity index (χ3n) is 4.43. The predicted octanol–water partition coefficient (Wildman–Crippen LogP) is 7.53. The summed E-state index contributed by atoms with van der Waals surface area (Å²) in [6.45, 7) is 11.5. The van der Waals surface area contributed by atoms with E-state index in [1.165, 1.54) is 10.5 Å². The molecule has 1 amide bonds. The standard InChI is InChI=1S/C25H27ClN2O3/c1-16-13-17(2)23(18(3)14-16)30-21-11-12-27-22(15-21)28(24(29)31-25(4,5)6)20-9-7-19(26)8-10-20/h7-15H,1-6H3. The maximum absolute atomic E-state index is 13.0. The average Bonchev–Trinajstić information content (AvgIpc) is 2.65. The third kappa shape index (κ3) is 5.76. The van der Waals surface area contributed by atoms with E-state index < -0.39 is 11.7 Å². The van der Waals surface area contributed by atoms with Gasteiger partial charge in [0.15, 0.2) is 0 Å². The van der Waals surface area contributed by atoms with Gasteiger partial charge in [-0.1, -0.05) is 29.3 Å². The molecule has 0 saturated heterocycles. The summed E-state index contributed by atoms with van der Waals surface area (Å²) < 4.78 is 11.8. The van der Waals surface area contributed by atoms with Gasteiger partial charge in [0.1, 0.15) is 22.9 Å². The highest BCUT2D eigenvalue weighted by atomic mass is 35.5. The molecule has 1 aromatic heterocycles. The molecule has 31 heavy (non-hydrogen) atoms. The third-order valence-corrected chi connectivity index (χ3v) is 4.68. The van der Waals surface area contributed by atoms with Gasteiger partial charge in [0.2, 0.25) is 0 Å². The smallest absolute Gasteiger partial charge is 0.420 e. The number of pyridine rings is 1. The van der Waals surface area contributed by atoms with Gasteiger partial charge in [0.05, 0.1) is 5.69 Å². The summed E-state index contributed by atoms with van der Waals surface area (Å²) in [4.78, 5) is 18.9. The van der Waals surface area contributed by atoms with Crippen molar-refractivity contribution >= 4 is 29.2 Å². The van der Waals surface area contributed by atoms with E-state index in [0.717, 1.165) is 16.9 Å². The van der Waals surface area contributed by atoms with Crippen LogP contribution in [0.2, 0.25) is 5.02 Å². The number of amides is 1. The molecule has 0 aliphatic carbocycles. The molecule has 0 radical (unpaired) electrons.